The number of aromatic nitrogens is 4. The van der Waals surface area contributed by atoms with Gasteiger partial charge in [0.05, 0.1) is 5.04 Å². The number of carboxylic acid groups (broad SMARTS) is 1. The number of nitrogens with zero attached hydrogens (tertiary/aromatic N) is 3. The molecule has 2 aromatic heterocycles. The van der Waals surface area contributed by atoms with Crippen molar-refractivity contribution in [2.45, 2.75) is 17.1 Å². The highest BCUT2D eigenvalue weighted by atomic mass is 32.2. The first kappa shape index (κ1) is 21.5. The van der Waals surface area contributed by atoms with Crippen LogP contribution in [-0.2, 0) is 11.2 Å². The Morgan fingerprint density at radius 1 is 1.21 bits per heavy atom. The summed E-state index contributed by atoms with van der Waals surface area (Å²) < 4.78 is 13.5. The molecule has 4 N–H and O–H groups in total. The molecule has 1 aliphatic rings. The lowest BCUT2D eigenvalue weighted by Gasteiger charge is -2.19. The Morgan fingerprint density at radius 3 is 2.82 bits per heavy atom. The second-order valence-electron chi connectivity index (χ2n) is 7.64. The Balaban J connectivity index is 1.29. The number of H-pyrrole nitrogens is 2. The van der Waals surface area contributed by atoms with E-state index in [4.69, 9.17) is 0 Å². The zero-order valence-electron chi connectivity index (χ0n) is 17.1. The minimum absolute atomic E-state index is 0.172. The summed E-state index contributed by atoms with van der Waals surface area (Å²) in [6, 6.07) is 12.9. The average molecular weight is 484 g/mol. The summed E-state index contributed by atoms with van der Waals surface area (Å²) in [6.45, 7) is 0. The predicted octanol–water partition coefficient (Wildman–Crippen LogP) is 4.10. The molecule has 11 heteroatoms. The Morgan fingerprint density at radius 2 is 2.03 bits per heavy atom. The van der Waals surface area contributed by atoms with Crippen molar-refractivity contribution in [3.05, 3.63) is 60.0 Å². The van der Waals surface area contributed by atoms with Gasteiger partial charge in [-0.3, -0.25) is 10.1 Å². The van der Waals surface area contributed by atoms with Gasteiger partial charge in [-0.05, 0) is 53.9 Å². The maximum atomic E-state index is 13.5. The second kappa shape index (κ2) is 8.56. The van der Waals surface area contributed by atoms with Gasteiger partial charge in [0, 0.05) is 34.7 Å². The van der Waals surface area contributed by atoms with Crippen LogP contribution < -0.4 is 0 Å². The summed E-state index contributed by atoms with van der Waals surface area (Å²) in [7, 11) is 0. The van der Waals surface area contributed by atoms with Crippen LogP contribution in [0.4, 0.5) is 4.39 Å². The number of carbonyl (C=O) groups is 1. The molecule has 5 rings (SSSR count). The summed E-state index contributed by atoms with van der Waals surface area (Å²) in [6.07, 6.45) is 0.186. The summed E-state index contributed by atoms with van der Waals surface area (Å²) >= 11 is 2.77. The number of halogens is 1. The molecule has 0 radical (unpaired) electrons. The number of benzene rings is 2. The maximum Gasteiger partial charge on any atom is 0.332 e. The van der Waals surface area contributed by atoms with Gasteiger partial charge < -0.3 is 15.2 Å². The molecule has 0 amide bonds. The number of nitrogens with one attached hydrogen (secondary N) is 2. The summed E-state index contributed by atoms with van der Waals surface area (Å²) in [4.78, 5) is 24.3. The number of thioether (sulfide) groups is 2. The molecule has 8 nitrogen and oxygen atoms in total. The number of phenols is 1. The molecule has 1 unspecified atom stereocenters. The quantitative estimate of drug-likeness (QED) is 0.291. The lowest BCUT2D eigenvalue weighted by Crippen LogP contribution is -2.39. The predicted molar refractivity (Wildman–Crippen MR) is 126 cm³/mol. The summed E-state index contributed by atoms with van der Waals surface area (Å²) in [5.74, 6) is 0.170. The van der Waals surface area contributed by atoms with Crippen LogP contribution in [-0.4, -0.2) is 58.4 Å². The molecule has 1 atom stereocenters. The van der Waals surface area contributed by atoms with Crippen LogP contribution >= 0.6 is 23.5 Å². The zero-order chi connectivity index (χ0) is 23.0. The second-order valence-corrected chi connectivity index (χ2v) is 9.63. The molecule has 0 spiro atoms. The van der Waals surface area contributed by atoms with Gasteiger partial charge in [0.25, 0.3) is 0 Å². The van der Waals surface area contributed by atoms with Crippen LogP contribution in [0.1, 0.15) is 5.69 Å². The van der Waals surface area contributed by atoms with Gasteiger partial charge in [0.2, 0.25) is 5.16 Å². The minimum Gasteiger partial charge on any atom is -0.508 e. The first-order chi connectivity index (χ1) is 15.9. The lowest BCUT2D eigenvalue weighted by atomic mass is 9.96. The molecule has 0 aliphatic carbocycles. The van der Waals surface area contributed by atoms with Gasteiger partial charge in [0.15, 0.2) is 11.4 Å². The molecule has 2 aromatic carbocycles. The first-order valence-electron chi connectivity index (χ1n) is 9.97. The van der Waals surface area contributed by atoms with E-state index in [1.54, 1.807) is 30.3 Å². The third-order valence-electron chi connectivity index (χ3n) is 5.27. The average Bonchev–Trinajstić information content (AvgIpc) is 3.51. The molecule has 0 bridgehead atoms. The van der Waals surface area contributed by atoms with Crippen molar-refractivity contribution in [2.75, 3.05) is 11.5 Å². The molecule has 1 aliphatic heterocycles. The summed E-state index contributed by atoms with van der Waals surface area (Å²) in [5.41, 5.74) is 0.840. The molecule has 33 heavy (non-hydrogen) atoms. The number of aromatic amines is 2. The highest BCUT2D eigenvalue weighted by Crippen LogP contribution is 2.34. The van der Waals surface area contributed by atoms with Crippen LogP contribution in [0.3, 0.4) is 0 Å². The van der Waals surface area contributed by atoms with Crippen molar-refractivity contribution in [3.63, 3.8) is 0 Å². The van der Waals surface area contributed by atoms with Crippen LogP contribution in [0.5, 0.6) is 5.75 Å². The smallest absolute Gasteiger partial charge is 0.332 e. The molecular formula is C22H18FN5O3S2. The first-order valence-corrected chi connectivity index (χ1v) is 11.9. The lowest BCUT2D eigenvalue weighted by molar-refractivity contribution is -0.142. The van der Waals surface area contributed by atoms with Crippen molar-refractivity contribution in [2.24, 2.45) is 4.99 Å². The number of aromatic hydroxyl groups is 1. The fourth-order valence-electron chi connectivity index (χ4n) is 3.61. The normalized spacial score (nSPS) is 18.0. The van der Waals surface area contributed by atoms with Crippen molar-refractivity contribution in [1.82, 2.24) is 20.2 Å². The monoisotopic (exact) mass is 483 g/mol. The third-order valence-corrected chi connectivity index (χ3v) is 7.50. The van der Waals surface area contributed by atoms with Crippen LogP contribution in [0, 0.1) is 5.82 Å². The van der Waals surface area contributed by atoms with Crippen molar-refractivity contribution >= 4 is 45.4 Å². The highest BCUT2D eigenvalue weighted by molar-refractivity contribution is 8.16. The van der Waals surface area contributed by atoms with Gasteiger partial charge >= 0.3 is 5.97 Å². The standard InChI is InChI=1S/C22H18FN5O3S2/c23-14-4-1-13-7-15(24-17(13)8-14)9-22(20(30)31)11-33-18(26-22)10-32-21-25-19(27-28-21)12-2-5-16(29)6-3-12/h1-8,24,29H,9-11H2,(H,30,31)(H,25,27,28). The van der Waals surface area contributed by atoms with Gasteiger partial charge in [-0.1, -0.05) is 11.8 Å². The zero-order valence-corrected chi connectivity index (χ0v) is 18.7. The molecular weight excluding hydrogens is 465 g/mol. The Bertz CT molecular complexity index is 1370. The van der Waals surface area contributed by atoms with E-state index in [0.29, 0.717) is 38.7 Å². The molecule has 0 saturated carbocycles. The summed E-state index contributed by atoms with van der Waals surface area (Å²) in [5, 5.41) is 28.5. The van der Waals surface area contributed by atoms with Gasteiger partial charge in [-0.25, -0.2) is 14.2 Å². The van der Waals surface area contributed by atoms with E-state index in [0.717, 1.165) is 10.9 Å². The largest absolute Gasteiger partial charge is 0.508 e. The molecule has 0 fully saturated rings. The van der Waals surface area contributed by atoms with Crippen molar-refractivity contribution < 1.29 is 19.4 Å². The van der Waals surface area contributed by atoms with E-state index in [1.807, 2.05) is 6.07 Å². The fourth-order valence-corrected chi connectivity index (χ4v) is 5.64. The Kier molecular flexibility index (Phi) is 5.59. The number of phenolic OH excluding ortho intramolecular Hbond substituents is 1. The molecule has 3 heterocycles. The highest BCUT2D eigenvalue weighted by Gasteiger charge is 2.43. The molecule has 0 saturated heterocycles. The topological polar surface area (TPSA) is 127 Å². The molecule has 4 aromatic rings. The van der Waals surface area contributed by atoms with Gasteiger partial charge in [0.1, 0.15) is 11.6 Å². The number of hydrogen-bond acceptors (Lipinski definition) is 7. The fraction of sp³-hybridized carbons (Fsp3) is 0.182. The van der Waals surface area contributed by atoms with E-state index < -0.39 is 11.5 Å². The maximum absolute atomic E-state index is 13.5. The number of hydrogen-bond donors (Lipinski definition) is 4. The Hall–Kier alpha value is -3.31. The van der Waals surface area contributed by atoms with Gasteiger partial charge in [-0.15, -0.1) is 16.9 Å². The van der Waals surface area contributed by atoms with E-state index in [1.165, 1.54) is 35.7 Å². The third kappa shape index (κ3) is 4.46. The van der Waals surface area contributed by atoms with E-state index in [9.17, 15) is 19.4 Å². The SMILES string of the molecule is O=C(O)C1(Cc2cc3ccc(F)cc3[nH]2)CSC(CSc2n[nH]c(-c3ccc(O)cc3)n2)=N1. The van der Waals surface area contributed by atoms with E-state index in [2.05, 4.69) is 25.2 Å². The number of fused-ring (bicyclic) bond motifs is 1. The number of aliphatic imine (C=N–C) groups is 1. The Labute approximate surface area is 195 Å². The van der Waals surface area contributed by atoms with Crippen LogP contribution in [0.15, 0.2) is 58.7 Å². The molecule has 168 valence electrons. The minimum atomic E-state index is -1.28. The van der Waals surface area contributed by atoms with Crippen LogP contribution in [0.2, 0.25) is 0 Å². The number of rotatable bonds is 7. The van der Waals surface area contributed by atoms with Gasteiger partial charge in [-0.2, -0.15) is 0 Å². The van der Waals surface area contributed by atoms with E-state index in [-0.39, 0.29) is 18.0 Å². The van der Waals surface area contributed by atoms with Crippen LogP contribution in [0.25, 0.3) is 22.3 Å². The number of carboxylic acids is 1. The van der Waals surface area contributed by atoms with E-state index >= 15 is 0 Å². The van der Waals surface area contributed by atoms with Crippen molar-refractivity contribution in [3.8, 4) is 17.1 Å². The van der Waals surface area contributed by atoms with Crippen molar-refractivity contribution in [1.29, 1.82) is 0 Å². The number of aliphatic carboxylic acids is 1.